The lowest BCUT2D eigenvalue weighted by Gasteiger charge is -2.27. The molecule has 1 aliphatic heterocycles. The summed E-state index contributed by atoms with van der Waals surface area (Å²) >= 11 is 0. The Kier molecular flexibility index (Phi) is 3.77. The van der Waals surface area contributed by atoms with E-state index in [1.807, 2.05) is 38.7 Å². The molecule has 3 heteroatoms. The van der Waals surface area contributed by atoms with Crippen molar-refractivity contribution in [2.45, 2.75) is 52.2 Å². The van der Waals surface area contributed by atoms with Crippen LogP contribution in [-0.2, 0) is 4.74 Å². The molecule has 15 heavy (non-hydrogen) atoms. The smallest absolute Gasteiger partial charge is 0.410 e. The lowest BCUT2D eigenvalue weighted by atomic mass is 10.2. The molecule has 3 nitrogen and oxygen atoms in total. The first kappa shape index (κ1) is 12.1. The summed E-state index contributed by atoms with van der Waals surface area (Å²) in [5, 5.41) is 0. The summed E-state index contributed by atoms with van der Waals surface area (Å²) in [5.41, 5.74) is -0.403. The van der Waals surface area contributed by atoms with Crippen LogP contribution in [0, 0.1) is 0 Å². The molecule has 0 N–H and O–H groups in total. The van der Waals surface area contributed by atoms with Crippen molar-refractivity contribution in [3.8, 4) is 0 Å². The fourth-order valence-electron chi connectivity index (χ4n) is 1.76. The monoisotopic (exact) mass is 211 g/mol. The van der Waals surface area contributed by atoms with E-state index in [1.165, 1.54) is 0 Å². The largest absolute Gasteiger partial charge is 0.444 e. The number of carbonyl (C=O) groups excluding carboxylic acids is 1. The number of hydrogen-bond acceptors (Lipinski definition) is 2. The second-order valence-corrected chi connectivity index (χ2v) is 4.91. The molecule has 0 saturated carbocycles. The van der Waals surface area contributed by atoms with E-state index in [-0.39, 0.29) is 12.1 Å². The minimum absolute atomic E-state index is 0.192. The Morgan fingerprint density at radius 1 is 1.47 bits per heavy atom. The number of hydrogen-bond donors (Lipinski definition) is 0. The fourth-order valence-corrected chi connectivity index (χ4v) is 1.76. The van der Waals surface area contributed by atoms with Gasteiger partial charge in [-0.2, -0.15) is 0 Å². The molecular weight excluding hydrogens is 190 g/mol. The Labute approximate surface area is 92.1 Å². The van der Waals surface area contributed by atoms with Gasteiger partial charge >= 0.3 is 6.09 Å². The van der Waals surface area contributed by atoms with E-state index >= 15 is 0 Å². The van der Waals surface area contributed by atoms with Gasteiger partial charge in [-0.15, -0.1) is 0 Å². The molecule has 1 amide bonds. The van der Waals surface area contributed by atoms with Gasteiger partial charge in [-0.1, -0.05) is 12.2 Å². The molecule has 0 aromatic rings. The molecule has 0 bridgehead atoms. The molecule has 1 atom stereocenters. The molecule has 1 saturated heterocycles. The van der Waals surface area contributed by atoms with Crippen molar-refractivity contribution < 1.29 is 9.53 Å². The molecule has 1 rings (SSSR count). The quantitative estimate of drug-likeness (QED) is 0.624. The molecule has 0 aromatic heterocycles. The topological polar surface area (TPSA) is 29.5 Å². The van der Waals surface area contributed by atoms with Crippen LogP contribution in [0.1, 0.15) is 40.5 Å². The van der Waals surface area contributed by atoms with Gasteiger partial charge in [0.15, 0.2) is 0 Å². The molecule has 1 aliphatic rings. The summed E-state index contributed by atoms with van der Waals surface area (Å²) < 4.78 is 5.35. The van der Waals surface area contributed by atoms with Gasteiger partial charge in [0.2, 0.25) is 0 Å². The van der Waals surface area contributed by atoms with Crippen molar-refractivity contribution in [1.82, 2.24) is 4.90 Å². The van der Waals surface area contributed by atoms with Crippen LogP contribution in [0.2, 0.25) is 0 Å². The van der Waals surface area contributed by atoms with Crippen molar-refractivity contribution in [3.05, 3.63) is 12.2 Å². The molecule has 1 fully saturated rings. The van der Waals surface area contributed by atoms with Crippen molar-refractivity contribution in [1.29, 1.82) is 0 Å². The van der Waals surface area contributed by atoms with Gasteiger partial charge in [0.1, 0.15) is 5.60 Å². The van der Waals surface area contributed by atoms with Crippen molar-refractivity contribution >= 4 is 6.09 Å². The number of amides is 1. The Hall–Kier alpha value is -0.990. The van der Waals surface area contributed by atoms with Crippen LogP contribution in [0.5, 0.6) is 0 Å². The van der Waals surface area contributed by atoms with E-state index in [1.54, 1.807) is 0 Å². The molecule has 0 unspecified atom stereocenters. The van der Waals surface area contributed by atoms with Gasteiger partial charge in [0.25, 0.3) is 0 Å². The molecule has 0 aromatic carbocycles. The maximum Gasteiger partial charge on any atom is 0.410 e. The van der Waals surface area contributed by atoms with Crippen LogP contribution in [0.4, 0.5) is 4.79 Å². The highest BCUT2D eigenvalue weighted by Crippen LogP contribution is 2.21. The summed E-state index contributed by atoms with van der Waals surface area (Å²) in [4.78, 5) is 13.6. The lowest BCUT2D eigenvalue weighted by molar-refractivity contribution is 0.0256. The van der Waals surface area contributed by atoms with Gasteiger partial charge in [0, 0.05) is 6.54 Å². The summed E-state index contributed by atoms with van der Waals surface area (Å²) in [7, 11) is 0. The first-order valence-corrected chi connectivity index (χ1v) is 5.56. The van der Waals surface area contributed by atoms with E-state index in [9.17, 15) is 4.79 Å². The molecule has 1 heterocycles. The SMILES string of the molecule is CC=C[C@@H]1CCCN1C(=O)OC(C)(C)C. The van der Waals surface area contributed by atoms with Gasteiger partial charge in [-0.3, -0.25) is 0 Å². The third-order valence-corrected chi connectivity index (χ3v) is 2.34. The van der Waals surface area contributed by atoms with E-state index in [4.69, 9.17) is 4.74 Å². The third kappa shape index (κ3) is 3.57. The minimum atomic E-state index is -0.403. The number of ether oxygens (including phenoxy) is 1. The van der Waals surface area contributed by atoms with Crippen LogP contribution in [0.3, 0.4) is 0 Å². The van der Waals surface area contributed by atoms with E-state index in [0.717, 1.165) is 19.4 Å². The van der Waals surface area contributed by atoms with Gasteiger partial charge in [-0.25, -0.2) is 4.79 Å². The van der Waals surface area contributed by atoms with E-state index in [2.05, 4.69) is 6.08 Å². The highest BCUT2D eigenvalue weighted by molar-refractivity contribution is 5.69. The van der Waals surface area contributed by atoms with Gasteiger partial charge < -0.3 is 9.64 Å². The fraction of sp³-hybridized carbons (Fsp3) is 0.750. The predicted octanol–water partition coefficient (Wildman–Crippen LogP) is 2.96. The summed E-state index contributed by atoms with van der Waals surface area (Å²) in [5.74, 6) is 0. The summed E-state index contributed by atoms with van der Waals surface area (Å²) in [6, 6.07) is 0.227. The van der Waals surface area contributed by atoms with Crippen molar-refractivity contribution in [3.63, 3.8) is 0 Å². The number of carbonyl (C=O) groups is 1. The first-order valence-electron chi connectivity index (χ1n) is 5.56. The molecule has 0 spiro atoms. The Morgan fingerprint density at radius 2 is 2.13 bits per heavy atom. The van der Waals surface area contributed by atoms with Gasteiger partial charge in [0.05, 0.1) is 6.04 Å². The summed E-state index contributed by atoms with van der Waals surface area (Å²) in [6.07, 6.45) is 5.98. The highest BCUT2D eigenvalue weighted by atomic mass is 16.6. The van der Waals surface area contributed by atoms with Crippen LogP contribution in [0.15, 0.2) is 12.2 Å². The maximum atomic E-state index is 11.8. The zero-order valence-electron chi connectivity index (χ0n) is 10.1. The van der Waals surface area contributed by atoms with Crippen LogP contribution >= 0.6 is 0 Å². The number of allylic oxidation sites excluding steroid dienone is 1. The second kappa shape index (κ2) is 4.69. The van der Waals surface area contributed by atoms with Gasteiger partial charge in [-0.05, 0) is 40.5 Å². The average Bonchev–Trinajstić information content (AvgIpc) is 2.49. The average molecular weight is 211 g/mol. The Bertz CT molecular complexity index is 253. The Morgan fingerprint density at radius 3 is 2.67 bits per heavy atom. The third-order valence-electron chi connectivity index (χ3n) is 2.34. The first-order chi connectivity index (χ1) is 6.94. The van der Waals surface area contributed by atoms with E-state index < -0.39 is 5.60 Å². The van der Waals surface area contributed by atoms with Crippen molar-refractivity contribution in [2.24, 2.45) is 0 Å². The van der Waals surface area contributed by atoms with Crippen LogP contribution in [0.25, 0.3) is 0 Å². The Balaban J connectivity index is 2.59. The second-order valence-electron chi connectivity index (χ2n) is 4.91. The highest BCUT2D eigenvalue weighted by Gasteiger charge is 2.30. The maximum absolute atomic E-state index is 11.8. The summed E-state index contributed by atoms with van der Waals surface area (Å²) in [6.45, 7) is 8.47. The van der Waals surface area contributed by atoms with Crippen LogP contribution < -0.4 is 0 Å². The standard InChI is InChI=1S/C12H21NO2/c1-5-7-10-8-6-9-13(10)11(14)15-12(2,3)4/h5,7,10H,6,8-9H2,1-4H3/t10-/m1/s1. The van der Waals surface area contributed by atoms with Crippen LogP contribution in [-0.4, -0.2) is 29.2 Å². The number of likely N-dealkylation sites (tertiary alicyclic amines) is 1. The number of rotatable bonds is 1. The van der Waals surface area contributed by atoms with Crippen molar-refractivity contribution in [2.75, 3.05) is 6.54 Å². The molecule has 0 radical (unpaired) electrons. The predicted molar refractivity (Wildman–Crippen MR) is 60.8 cm³/mol. The number of nitrogens with zero attached hydrogens (tertiary/aromatic N) is 1. The lowest BCUT2D eigenvalue weighted by Crippen LogP contribution is -2.39. The normalized spacial score (nSPS) is 22.4. The van der Waals surface area contributed by atoms with E-state index in [0.29, 0.717) is 0 Å². The zero-order valence-corrected chi connectivity index (χ0v) is 10.1. The zero-order chi connectivity index (χ0) is 11.5. The minimum Gasteiger partial charge on any atom is -0.444 e. The molecule has 0 aliphatic carbocycles. The molecule has 86 valence electrons. The molecular formula is C12H21NO2.